The van der Waals surface area contributed by atoms with Gasteiger partial charge in [-0.15, -0.1) is 0 Å². The molecule has 3 rings (SSSR count). The maximum atomic E-state index is 12.4. The zero-order valence-electron chi connectivity index (χ0n) is 12.5. The lowest BCUT2D eigenvalue weighted by molar-refractivity contribution is 0.102. The molecule has 0 bridgehead atoms. The Hall–Kier alpha value is -2.66. The number of fused-ring (bicyclic) bond motifs is 1. The number of aromatic amines is 1. The standard InChI is InChI=1S/C17H17N3O2/c1-11-6-7-15-14(8-11)16(20-19-15)17(21)18-13-5-3-4-12(9-13)10-22-2/h3-9H,10H2,1-2H3,(H,18,21)(H,19,20). The van der Waals surface area contributed by atoms with Crippen molar-refractivity contribution in [2.24, 2.45) is 0 Å². The molecule has 1 amide bonds. The van der Waals surface area contributed by atoms with Gasteiger partial charge in [0.25, 0.3) is 5.91 Å². The van der Waals surface area contributed by atoms with Gasteiger partial charge < -0.3 is 10.1 Å². The first-order chi connectivity index (χ1) is 10.7. The van der Waals surface area contributed by atoms with Crippen LogP contribution in [0.2, 0.25) is 0 Å². The van der Waals surface area contributed by atoms with Gasteiger partial charge in [0.2, 0.25) is 0 Å². The average molecular weight is 295 g/mol. The summed E-state index contributed by atoms with van der Waals surface area (Å²) in [5.74, 6) is -0.230. The molecule has 0 fully saturated rings. The molecule has 1 heterocycles. The largest absolute Gasteiger partial charge is 0.380 e. The van der Waals surface area contributed by atoms with E-state index < -0.39 is 0 Å². The minimum absolute atomic E-state index is 0.230. The van der Waals surface area contributed by atoms with E-state index in [-0.39, 0.29) is 5.91 Å². The highest BCUT2D eigenvalue weighted by Crippen LogP contribution is 2.19. The number of benzene rings is 2. The molecule has 0 atom stereocenters. The SMILES string of the molecule is COCc1cccc(NC(=O)c2n[nH]c3ccc(C)cc23)c1. The van der Waals surface area contributed by atoms with E-state index in [9.17, 15) is 4.79 Å². The normalized spacial score (nSPS) is 10.8. The molecule has 3 aromatic rings. The van der Waals surface area contributed by atoms with Crippen LogP contribution < -0.4 is 5.32 Å². The van der Waals surface area contributed by atoms with Gasteiger partial charge >= 0.3 is 0 Å². The van der Waals surface area contributed by atoms with Crippen LogP contribution in [-0.4, -0.2) is 23.2 Å². The molecule has 22 heavy (non-hydrogen) atoms. The Labute approximate surface area is 128 Å². The maximum Gasteiger partial charge on any atom is 0.276 e. The molecule has 2 aromatic carbocycles. The Kier molecular flexibility index (Phi) is 3.89. The lowest BCUT2D eigenvalue weighted by Crippen LogP contribution is -2.13. The number of anilines is 1. The van der Waals surface area contributed by atoms with Crippen molar-refractivity contribution in [1.29, 1.82) is 0 Å². The molecule has 0 aliphatic rings. The molecule has 0 aliphatic heterocycles. The van der Waals surface area contributed by atoms with E-state index in [1.807, 2.05) is 49.4 Å². The number of aromatic nitrogens is 2. The molecule has 2 N–H and O–H groups in total. The molecule has 5 heteroatoms. The third-order valence-corrected chi connectivity index (χ3v) is 3.43. The quantitative estimate of drug-likeness (QED) is 0.776. The molecule has 5 nitrogen and oxygen atoms in total. The summed E-state index contributed by atoms with van der Waals surface area (Å²) in [5.41, 5.74) is 4.07. The number of H-pyrrole nitrogens is 1. The third kappa shape index (κ3) is 2.84. The summed E-state index contributed by atoms with van der Waals surface area (Å²) in [5, 5.41) is 10.7. The van der Waals surface area contributed by atoms with Crippen LogP contribution >= 0.6 is 0 Å². The summed E-state index contributed by atoms with van der Waals surface area (Å²) in [6, 6.07) is 13.4. The highest BCUT2D eigenvalue weighted by Gasteiger charge is 2.14. The second-order valence-corrected chi connectivity index (χ2v) is 5.21. The van der Waals surface area contributed by atoms with Gasteiger partial charge in [-0.25, -0.2) is 0 Å². The van der Waals surface area contributed by atoms with E-state index in [1.165, 1.54) is 0 Å². The van der Waals surface area contributed by atoms with Crippen molar-refractivity contribution < 1.29 is 9.53 Å². The van der Waals surface area contributed by atoms with E-state index in [2.05, 4.69) is 15.5 Å². The topological polar surface area (TPSA) is 67.0 Å². The van der Waals surface area contributed by atoms with E-state index in [0.717, 1.165) is 27.7 Å². The smallest absolute Gasteiger partial charge is 0.276 e. The highest BCUT2D eigenvalue weighted by atomic mass is 16.5. The monoisotopic (exact) mass is 295 g/mol. The van der Waals surface area contributed by atoms with E-state index in [1.54, 1.807) is 7.11 Å². The first kappa shape index (κ1) is 14.3. The number of nitrogens with one attached hydrogen (secondary N) is 2. The first-order valence-electron chi connectivity index (χ1n) is 7.01. The second kappa shape index (κ2) is 5.99. The molecule has 0 saturated carbocycles. The fraction of sp³-hybridized carbons (Fsp3) is 0.176. The molecule has 112 valence electrons. The minimum atomic E-state index is -0.230. The zero-order valence-corrected chi connectivity index (χ0v) is 12.5. The number of rotatable bonds is 4. The van der Waals surface area contributed by atoms with Crippen LogP contribution in [0.15, 0.2) is 42.5 Å². The Bertz CT molecular complexity index is 824. The number of nitrogens with zero attached hydrogens (tertiary/aromatic N) is 1. The molecular formula is C17H17N3O2. The van der Waals surface area contributed by atoms with Crippen molar-refractivity contribution in [2.75, 3.05) is 12.4 Å². The number of hydrogen-bond acceptors (Lipinski definition) is 3. The lowest BCUT2D eigenvalue weighted by Gasteiger charge is -2.06. The fourth-order valence-corrected chi connectivity index (χ4v) is 2.40. The van der Waals surface area contributed by atoms with Crippen molar-refractivity contribution in [3.05, 3.63) is 59.3 Å². The predicted octanol–water partition coefficient (Wildman–Crippen LogP) is 3.27. The van der Waals surface area contributed by atoms with Crippen LogP contribution in [0.1, 0.15) is 21.6 Å². The summed E-state index contributed by atoms with van der Waals surface area (Å²) in [4.78, 5) is 12.4. The summed E-state index contributed by atoms with van der Waals surface area (Å²) in [6.45, 7) is 2.50. The lowest BCUT2D eigenvalue weighted by atomic mass is 10.1. The van der Waals surface area contributed by atoms with Crippen LogP contribution in [0.3, 0.4) is 0 Å². The Balaban J connectivity index is 1.87. The van der Waals surface area contributed by atoms with Gasteiger partial charge in [-0.1, -0.05) is 23.8 Å². The van der Waals surface area contributed by atoms with Gasteiger partial charge in [0.1, 0.15) is 0 Å². The molecule has 0 saturated heterocycles. The highest BCUT2D eigenvalue weighted by molar-refractivity contribution is 6.11. The van der Waals surface area contributed by atoms with Crippen LogP contribution in [0.25, 0.3) is 10.9 Å². The maximum absolute atomic E-state index is 12.4. The molecule has 0 radical (unpaired) electrons. The van der Waals surface area contributed by atoms with Crippen molar-refractivity contribution in [1.82, 2.24) is 10.2 Å². The Morgan fingerprint density at radius 1 is 1.27 bits per heavy atom. The van der Waals surface area contributed by atoms with Crippen molar-refractivity contribution >= 4 is 22.5 Å². The van der Waals surface area contributed by atoms with Gasteiger partial charge in [-0.3, -0.25) is 9.89 Å². The minimum Gasteiger partial charge on any atom is -0.380 e. The van der Waals surface area contributed by atoms with E-state index in [0.29, 0.717) is 12.3 Å². The number of methoxy groups -OCH3 is 1. The number of ether oxygens (including phenoxy) is 1. The van der Waals surface area contributed by atoms with Crippen molar-refractivity contribution in [3.63, 3.8) is 0 Å². The summed E-state index contributed by atoms with van der Waals surface area (Å²) < 4.78 is 5.10. The molecular weight excluding hydrogens is 278 g/mol. The van der Waals surface area contributed by atoms with Gasteiger partial charge in [0.05, 0.1) is 12.1 Å². The van der Waals surface area contributed by atoms with Gasteiger partial charge in [-0.2, -0.15) is 5.10 Å². The number of carbonyl (C=O) groups excluding carboxylic acids is 1. The van der Waals surface area contributed by atoms with Gasteiger partial charge in [0.15, 0.2) is 5.69 Å². The van der Waals surface area contributed by atoms with Crippen LogP contribution in [-0.2, 0) is 11.3 Å². The van der Waals surface area contributed by atoms with Crippen molar-refractivity contribution in [2.45, 2.75) is 13.5 Å². The number of hydrogen-bond donors (Lipinski definition) is 2. The molecule has 1 aromatic heterocycles. The summed E-state index contributed by atoms with van der Waals surface area (Å²) in [7, 11) is 1.64. The van der Waals surface area contributed by atoms with Gasteiger partial charge in [-0.05, 0) is 36.8 Å². The molecule has 0 spiro atoms. The Morgan fingerprint density at radius 3 is 2.95 bits per heavy atom. The summed E-state index contributed by atoms with van der Waals surface area (Å²) >= 11 is 0. The van der Waals surface area contributed by atoms with E-state index in [4.69, 9.17) is 4.74 Å². The first-order valence-corrected chi connectivity index (χ1v) is 7.01. The summed E-state index contributed by atoms with van der Waals surface area (Å²) in [6.07, 6.45) is 0. The Morgan fingerprint density at radius 2 is 2.14 bits per heavy atom. The van der Waals surface area contributed by atoms with Crippen LogP contribution in [0, 0.1) is 6.92 Å². The van der Waals surface area contributed by atoms with Crippen LogP contribution in [0.5, 0.6) is 0 Å². The second-order valence-electron chi connectivity index (χ2n) is 5.21. The molecule has 0 aliphatic carbocycles. The molecule has 0 unspecified atom stereocenters. The third-order valence-electron chi connectivity index (χ3n) is 3.43. The zero-order chi connectivity index (χ0) is 15.5. The van der Waals surface area contributed by atoms with E-state index >= 15 is 0 Å². The number of aryl methyl sites for hydroxylation is 1. The van der Waals surface area contributed by atoms with Gasteiger partial charge in [0, 0.05) is 18.2 Å². The number of amides is 1. The predicted molar refractivity (Wildman–Crippen MR) is 85.9 cm³/mol. The average Bonchev–Trinajstić information content (AvgIpc) is 2.91. The van der Waals surface area contributed by atoms with Crippen LogP contribution in [0.4, 0.5) is 5.69 Å². The van der Waals surface area contributed by atoms with Crippen molar-refractivity contribution in [3.8, 4) is 0 Å². The fourth-order valence-electron chi connectivity index (χ4n) is 2.40. The number of carbonyl (C=O) groups is 1.